The lowest BCUT2D eigenvalue weighted by Gasteiger charge is -2.16. The lowest BCUT2D eigenvalue weighted by Crippen LogP contribution is -2.24. The van der Waals surface area contributed by atoms with Crippen LogP contribution in [0, 0.1) is 0 Å². The van der Waals surface area contributed by atoms with Gasteiger partial charge in [0, 0.05) is 12.6 Å². The summed E-state index contributed by atoms with van der Waals surface area (Å²) in [6, 6.07) is 9.46. The van der Waals surface area contributed by atoms with Crippen molar-refractivity contribution in [2.75, 3.05) is 28.5 Å². The van der Waals surface area contributed by atoms with Gasteiger partial charge in [-0.1, -0.05) is 12.1 Å². The molecule has 0 atom stereocenters. The minimum atomic E-state index is -4.55. The second kappa shape index (κ2) is 9.01. The van der Waals surface area contributed by atoms with Crippen molar-refractivity contribution in [1.29, 1.82) is 0 Å². The number of rotatable bonds is 6. The van der Waals surface area contributed by atoms with E-state index < -0.39 is 27.7 Å². The molecule has 1 N–H and O–H groups in total. The number of alkyl halides is 3. The predicted octanol–water partition coefficient (Wildman–Crippen LogP) is 4.30. The van der Waals surface area contributed by atoms with Crippen molar-refractivity contribution in [3.8, 4) is 5.75 Å². The first-order valence-electron chi connectivity index (χ1n) is 9.54. The Morgan fingerprint density at radius 2 is 1.90 bits per heavy atom. The van der Waals surface area contributed by atoms with Gasteiger partial charge in [-0.05, 0) is 55.3 Å². The molecule has 10 heteroatoms. The zero-order valence-corrected chi connectivity index (χ0v) is 17.5. The van der Waals surface area contributed by atoms with E-state index in [1.165, 1.54) is 16.5 Å². The number of benzene rings is 2. The van der Waals surface area contributed by atoms with Gasteiger partial charge in [0.25, 0.3) is 0 Å². The normalized spacial score (nSPS) is 15.9. The summed E-state index contributed by atoms with van der Waals surface area (Å²) in [5.41, 5.74) is 0.192. The quantitative estimate of drug-likeness (QED) is 0.661. The van der Waals surface area contributed by atoms with Gasteiger partial charge < -0.3 is 10.1 Å². The summed E-state index contributed by atoms with van der Waals surface area (Å²) in [5.74, 6) is -0.381. The molecule has 1 heterocycles. The summed E-state index contributed by atoms with van der Waals surface area (Å²) in [6.07, 6.45) is -1.32. The van der Waals surface area contributed by atoms with Crippen molar-refractivity contribution >= 4 is 33.4 Å². The molecule has 166 valence electrons. The van der Waals surface area contributed by atoms with E-state index in [1.54, 1.807) is 31.2 Å². The van der Waals surface area contributed by atoms with E-state index in [2.05, 4.69) is 5.32 Å². The third-order valence-corrected chi connectivity index (χ3v) is 6.44. The fourth-order valence-corrected chi connectivity index (χ4v) is 4.68. The predicted molar refractivity (Wildman–Crippen MR) is 112 cm³/mol. The van der Waals surface area contributed by atoms with Crippen LogP contribution in [-0.4, -0.2) is 33.2 Å². The first-order chi connectivity index (χ1) is 14.6. The molecule has 0 bridgehead atoms. The highest BCUT2D eigenvalue weighted by Gasteiger charge is 2.31. The highest BCUT2D eigenvalue weighted by Crippen LogP contribution is 2.35. The van der Waals surface area contributed by atoms with Gasteiger partial charge in [-0.25, -0.2) is 8.42 Å². The van der Waals surface area contributed by atoms with Crippen molar-refractivity contribution in [1.82, 2.24) is 0 Å². The van der Waals surface area contributed by atoms with Crippen LogP contribution in [0.5, 0.6) is 5.75 Å². The van der Waals surface area contributed by atoms with Crippen LogP contribution in [0.2, 0.25) is 0 Å². The first kappa shape index (κ1) is 22.7. The van der Waals surface area contributed by atoms with Crippen LogP contribution in [0.4, 0.5) is 24.5 Å². The number of amides is 1. The summed E-state index contributed by atoms with van der Waals surface area (Å²) in [5, 5.41) is 2.41. The van der Waals surface area contributed by atoms with Gasteiger partial charge in [-0.15, -0.1) is 0 Å². The molecule has 1 amide bonds. The summed E-state index contributed by atoms with van der Waals surface area (Å²) in [6.45, 7) is 2.34. The van der Waals surface area contributed by atoms with E-state index in [4.69, 9.17) is 4.74 Å². The number of hydrogen-bond donors (Lipinski definition) is 1. The number of ether oxygens (including phenoxy) is 1. The molecular formula is C21H21F3N2O4S. The minimum Gasteiger partial charge on any atom is -0.492 e. The van der Waals surface area contributed by atoms with Gasteiger partial charge in [-0.2, -0.15) is 13.2 Å². The summed E-state index contributed by atoms with van der Waals surface area (Å²) in [4.78, 5) is 12.2. The molecule has 6 nitrogen and oxygen atoms in total. The minimum absolute atomic E-state index is 0.0825. The number of carbonyl (C=O) groups excluding carboxylic acids is 1. The van der Waals surface area contributed by atoms with E-state index in [0.29, 0.717) is 24.2 Å². The van der Waals surface area contributed by atoms with Crippen LogP contribution >= 0.6 is 0 Å². The number of halogens is 3. The van der Waals surface area contributed by atoms with Gasteiger partial charge in [-0.3, -0.25) is 9.10 Å². The van der Waals surface area contributed by atoms with Crippen molar-refractivity contribution in [2.24, 2.45) is 0 Å². The largest absolute Gasteiger partial charge is 0.492 e. The number of sulfonamides is 1. The summed E-state index contributed by atoms with van der Waals surface area (Å²) < 4.78 is 69.5. The van der Waals surface area contributed by atoms with Gasteiger partial charge in [0.1, 0.15) is 5.75 Å². The average Bonchev–Trinajstić information content (AvgIpc) is 3.06. The smallest absolute Gasteiger partial charge is 0.416 e. The van der Waals surface area contributed by atoms with Gasteiger partial charge in [0.05, 0.1) is 29.3 Å². The van der Waals surface area contributed by atoms with Crippen molar-refractivity contribution in [3.05, 3.63) is 59.7 Å². The van der Waals surface area contributed by atoms with Crippen LogP contribution in [0.25, 0.3) is 6.08 Å². The lowest BCUT2D eigenvalue weighted by molar-refractivity contribution is -0.137. The van der Waals surface area contributed by atoms with Crippen LogP contribution < -0.4 is 14.4 Å². The van der Waals surface area contributed by atoms with E-state index in [-0.39, 0.29) is 23.8 Å². The second-order valence-electron chi connectivity index (χ2n) is 6.80. The maximum Gasteiger partial charge on any atom is 0.416 e. The molecule has 2 aromatic carbocycles. The zero-order chi connectivity index (χ0) is 22.6. The first-order valence-corrected chi connectivity index (χ1v) is 11.1. The highest BCUT2D eigenvalue weighted by atomic mass is 32.2. The molecule has 31 heavy (non-hydrogen) atoms. The Morgan fingerprint density at radius 3 is 2.48 bits per heavy atom. The monoisotopic (exact) mass is 454 g/mol. The van der Waals surface area contributed by atoms with E-state index >= 15 is 0 Å². The zero-order valence-electron chi connectivity index (χ0n) is 16.6. The highest BCUT2D eigenvalue weighted by molar-refractivity contribution is 7.93. The maximum absolute atomic E-state index is 13.0. The third-order valence-electron chi connectivity index (χ3n) is 4.57. The van der Waals surface area contributed by atoms with Crippen LogP contribution in [0.3, 0.4) is 0 Å². The Labute approximate surface area is 178 Å². The molecule has 0 spiro atoms. The Balaban J connectivity index is 1.72. The number of nitrogens with one attached hydrogen (secondary N) is 1. The Bertz CT molecular complexity index is 1080. The molecule has 0 radical (unpaired) electrons. The second-order valence-corrected chi connectivity index (χ2v) is 8.81. The van der Waals surface area contributed by atoms with Crippen molar-refractivity contribution in [3.63, 3.8) is 0 Å². The molecule has 1 fully saturated rings. The van der Waals surface area contributed by atoms with Crippen LogP contribution in [0.15, 0.2) is 48.5 Å². The van der Waals surface area contributed by atoms with E-state index in [0.717, 1.165) is 18.2 Å². The molecule has 1 aliphatic heterocycles. The standard InChI is InChI=1S/C21H21F3N2O4S/c1-2-30-19-10-7-16(21(22,23)24)14-18(19)25-20(27)11-6-15-4-8-17(9-5-15)26-12-3-13-31(26,28)29/h4-11,14H,2-3,12-13H2,1H3,(H,25,27)/b11-6+. The lowest BCUT2D eigenvalue weighted by atomic mass is 10.1. The number of nitrogens with zero attached hydrogens (tertiary/aromatic N) is 1. The Morgan fingerprint density at radius 1 is 1.19 bits per heavy atom. The van der Waals surface area contributed by atoms with Gasteiger partial charge in [0.2, 0.25) is 15.9 Å². The van der Waals surface area contributed by atoms with Gasteiger partial charge >= 0.3 is 6.18 Å². The molecule has 1 saturated heterocycles. The number of anilines is 2. The Hall–Kier alpha value is -3.01. The molecule has 2 aromatic rings. The SMILES string of the molecule is CCOc1ccc(C(F)(F)F)cc1NC(=O)/C=C/c1ccc(N2CCCS2(=O)=O)cc1. The number of hydrogen-bond acceptors (Lipinski definition) is 4. The molecule has 0 aromatic heterocycles. The molecule has 0 saturated carbocycles. The fourth-order valence-electron chi connectivity index (χ4n) is 3.11. The summed E-state index contributed by atoms with van der Waals surface area (Å²) in [7, 11) is -3.28. The van der Waals surface area contributed by atoms with Crippen molar-refractivity contribution < 1.29 is 31.1 Å². The molecule has 0 unspecified atom stereocenters. The number of carbonyl (C=O) groups is 1. The third kappa shape index (κ3) is 5.57. The fraction of sp³-hybridized carbons (Fsp3) is 0.286. The molecule has 3 rings (SSSR count). The summed E-state index contributed by atoms with van der Waals surface area (Å²) >= 11 is 0. The average molecular weight is 454 g/mol. The molecule has 1 aliphatic rings. The van der Waals surface area contributed by atoms with Crippen LogP contribution in [0.1, 0.15) is 24.5 Å². The van der Waals surface area contributed by atoms with Crippen molar-refractivity contribution in [2.45, 2.75) is 19.5 Å². The van der Waals surface area contributed by atoms with E-state index in [1.807, 2.05) is 0 Å². The Kier molecular flexibility index (Phi) is 6.59. The van der Waals surface area contributed by atoms with E-state index in [9.17, 15) is 26.4 Å². The van der Waals surface area contributed by atoms with Gasteiger partial charge in [0.15, 0.2) is 0 Å². The molecular weight excluding hydrogens is 433 g/mol. The maximum atomic E-state index is 13.0. The van der Waals surface area contributed by atoms with Crippen LogP contribution in [-0.2, 0) is 21.0 Å². The topological polar surface area (TPSA) is 75.7 Å². The molecule has 0 aliphatic carbocycles.